The second-order valence-electron chi connectivity index (χ2n) is 7.58. The molecule has 0 bridgehead atoms. The predicted octanol–water partition coefficient (Wildman–Crippen LogP) is 3.72. The van der Waals surface area contributed by atoms with Crippen LogP contribution in [0.25, 0.3) is 10.2 Å². The van der Waals surface area contributed by atoms with Gasteiger partial charge in [-0.1, -0.05) is 19.2 Å². The van der Waals surface area contributed by atoms with E-state index in [0.29, 0.717) is 32.3 Å². The van der Waals surface area contributed by atoms with Gasteiger partial charge in [0.15, 0.2) is 0 Å². The number of amidine groups is 1. The number of pyridine rings is 1. The number of thiophene rings is 1. The standard InChI is InChI=1S/C23H24N6O3S/c1-4-8-16(24-6-3)29-15-11-12-25-22-18(15)19(28-23(29)32)20(33-22)21(31)27-14-10-7-9-13(14)26-17(30)5-2/h4-6,8,11-14H,2-3,7,9-10H2,1H3,(H,26,30)(H,27,31)(H,28,32)/b8-4+,24-16?/t13-,14+/m1/s1. The van der Waals surface area contributed by atoms with Crippen molar-refractivity contribution in [2.75, 3.05) is 10.2 Å². The summed E-state index contributed by atoms with van der Waals surface area (Å²) in [5.74, 6) is -0.185. The third-order valence-electron chi connectivity index (χ3n) is 5.57. The number of nitrogens with zero attached hydrogens (tertiary/aromatic N) is 3. The summed E-state index contributed by atoms with van der Waals surface area (Å²) in [6.45, 7) is 8.93. The van der Waals surface area contributed by atoms with E-state index in [1.807, 2.05) is 6.92 Å². The average Bonchev–Trinajstić information content (AvgIpc) is 3.39. The molecule has 3 N–H and O–H groups in total. The minimum absolute atomic E-state index is 0.164. The first-order valence-electron chi connectivity index (χ1n) is 10.6. The maximum absolute atomic E-state index is 13.2. The third-order valence-corrected chi connectivity index (χ3v) is 6.66. The van der Waals surface area contributed by atoms with E-state index in [1.54, 1.807) is 24.4 Å². The smallest absolute Gasteiger partial charge is 0.332 e. The largest absolute Gasteiger partial charge is 0.348 e. The Morgan fingerprint density at radius 3 is 2.76 bits per heavy atom. The third kappa shape index (κ3) is 4.17. The van der Waals surface area contributed by atoms with Gasteiger partial charge in [-0.2, -0.15) is 0 Å². The first-order chi connectivity index (χ1) is 16.0. The number of aliphatic imine (C=N–C) groups is 1. The number of hydrogen-bond donors (Lipinski definition) is 3. The van der Waals surface area contributed by atoms with Gasteiger partial charge in [-0.05, 0) is 44.4 Å². The van der Waals surface area contributed by atoms with Crippen LogP contribution in [0.1, 0.15) is 35.9 Å². The molecule has 10 heteroatoms. The first-order valence-corrected chi connectivity index (χ1v) is 11.4. The molecule has 170 valence electrons. The van der Waals surface area contributed by atoms with Gasteiger partial charge in [0.1, 0.15) is 15.5 Å². The topological polar surface area (TPSA) is 116 Å². The summed E-state index contributed by atoms with van der Waals surface area (Å²) in [5.41, 5.74) is 1.02. The molecule has 2 aliphatic rings. The van der Waals surface area contributed by atoms with Crippen molar-refractivity contribution < 1.29 is 14.4 Å². The van der Waals surface area contributed by atoms with E-state index in [2.05, 4.69) is 39.1 Å². The van der Waals surface area contributed by atoms with Crippen molar-refractivity contribution in [2.45, 2.75) is 38.3 Å². The van der Waals surface area contributed by atoms with Crippen LogP contribution in [0, 0.1) is 0 Å². The monoisotopic (exact) mass is 464 g/mol. The van der Waals surface area contributed by atoms with Crippen LogP contribution in [0.15, 0.2) is 54.8 Å². The number of nitrogens with one attached hydrogen (secondary N) is 3. The van der Waals surface area contributed by atoms with E-state index < -0.39 is 6.03 Å². The van der Waals surface area contributed by atoms with Crippen LogP contribution in [-0.4, -0.2) is 40.7 Å². The fourth-order valence-electron chi connectivity index (χ4n) is 4.17. The minimum Gasteiger partial charge on any atom is -0.348 e. The molecule has 0 unspecified atom stereocenters. The molecule has 2 atom stereocenters. The molecule has 4 rings (SSSR count). The molecular weight excluding hydrogens is 440 g/mol. The number of anilines is 2. The fourth-order valence-corrected chi connectivity index (χ4v) is 5.19. The van der Waals surface area contributed by atoms with Crippen LogP contribution in [0.3, 0.4) is 0 Å². The van der Waals surface area contributed by atoms with E-state index in [4.69, 9.17) is 0 Å². The van der Waals surface area contributed by atoms with Gasteiger partial charge in [-0.3, -0.25) is 9.59 Å². The number of urea groups is 1. The normalized spacial score (nSPS) is 20.1. The Morgan fingerprint density at radius 1 is 1.30 bits per heavy atom. The lowest BCUT2D eigenvalue weighted by Crippen LogP contribution is -2.48. The zero-order chi connectivity index (χ0) is 23.5. The van der Waals surface area contributed by atoms with Crippen LogP contribution < -0.4 is 20.9 Å². The van der Waals surface area contributed by atoms with Crippen molar-refractivity contribution in [1.82, 2.24) is 15.6 Å². The highest BCUT2D eigenvalue weighted by Crippen LogP contribution is 2.43. The number of allylic oxidation sites excluding steroid dienone is 1. The second kappa shape index (κ2) is 9.37. The highest BCUT2D eigenvalue weighted by molar-refractivity contribution is 7.21. The highest BCUT2D eigenvalue weighted by atomic mass is 32.1. The molecule has 1 saturated carbocycles. The summed E-state index contributed by atoms with van der Waals surface area (Å²) in [6.07, 6.45) is 10.1. The highest BCUT2D eigenvalue weighted by Gasteiger charge is 2.35. The summed E-state index contributed by atoms with van der Waals surface area (Å²) in [5, 5.41) is 9.42. The van der Waals surface area contributed by atoms with Crippen molar-refractivity contribution in [3.05, 3.63) is 54.7 Å². The van der Waals surface area contributed by atoms with Gasteiger partial charge >= 0.3 is 6.03 Å². The van der Waals surface area contributed by atoms with Gasteiger partial charge in [-0.15, -0.1) is 11.3 Å². The maximum atomic E-state index is 13.2. The second-order valence-corrected chi connectivity index (χ2v) is 8.58. The number of carbonyl (C=O) groups is 3. The zero-order valence-corrected chi connectivity index (χ0v) is 18.9. The van der Waals surface area contributed by atoms with Crippen molar-refractivity contribution in [3.63, 3.8) is 0 Å². The molecule has 1 aliphatic carbocycles. The van der Waals surface area contributed by atoms with E-state index in [1.165, 1.54) is 28.5 Å². The van der Waals surface area contributed by atoms with Crippen molar-refractivity contribution in [3.8, 4) is 0 Å². The lowest BCUT2D eigenvalue weighted by Gasteiger charge is -2.28. The lowest BCUT2D eigenvalue weighted by atomic mass is 10.1. The molecule has 2 aromatic heterocycles. The zero-order valence-electron chi connectivity index (χ0n) is 18.1. The van der Waals surface area contributed by atoms with Crippen molar-refractivity contribution in [1.29, 1.82) is 0 Å². The van der Waals surface area contributed by atoms with Crippen LogP contribution in [-0.2, 0) is 4.79 Å². The van der Waals surface area contributed by atoms with Gasteiger partial charge < -0.3 is 16.0 Å². The Bertz CT molecular complexity index is 1210. The quantitative estimate of drug-likeness (QED) is 0.343. The average molecular weight is 465 g/mol. The molecule has 1 aliphatic heterocycles. The Kier molecular flexibility index (Phi) is 6.36. The molecule has 33 heavy (non-hydrogen) atoms. The Morgan fingerprint density at radius 2 is 2.06 bits per heavy atom. The van der Waals surface area contributed by atoms with Gasteiger partial charge in [0, 0.05) is 24.5 Å². The molecule has 0 aromatic carbocycles. The van der Waals surface area contributed by atoms with Crippen LogP contribution in [0.5, 0.6) is 0 Å². The molecule has 4 amide bonds. The predicted molar refractivity (Wildman–Crippen MR) is 131 cm³/mol. The molecule has 3 heterocycles. The summed E-state index contributed by atoms with van der Waals surface area (Å²) < 4.78 is 0. The maximum Gasteiger partial charge on any atom is 0.332 e. The summed E-state index contributed by atoms with van der Waals surface area (Å²) in [6, 6.07) is 0.919. The van der Waals surface area contributed by atoms with E-state index in [9.17, 15) is 14.4 Å². The Balaban J connectivity index is 1.69. The van der Waals surface area contributed by atoms with Crippen LogP contribution >= 0.6 is 11.3 Å². The number of rotatable bonds is 6. The van der Waals surface area contributed by atoms with E-state index in [-0.39, 0.29) is 23.9 Å². The summed E-state index contributed by atoms with van der Waals surface area (Å²) in [4.78, 5) is 49.1. The minimum atomic E-state index is -0.432. The first kappa shape index (κ1) is 22.4. The number of hydrogen-bond acceptors (Lipinski definition) is 6. The molecule has 1 fully saturated rings. The number of aromatic nitrogens is 1. The van der Waals surface area contributed by atoms with Gasteiger partial charge in [0.2, 0.25) is 5.91 Å². The van der Waals surface area contributed by atoms with Crippen LogP contribution in [0.2, 0.25) is 0 Å². The van der Waals surface area contributed by atoms with Gasteiger partial charge in [0.25, 0.3) is 5.91 Å². The lowest BCUT2D eigenvalue weighted by molar-refractivity contribution is -0.117. The van der Waals surface area contributed by atoms with Crippen LogP contribution in [0.4, 0.5) is 16.2 Å². The number of carbonyl (C=O) groups excluding carboxylic acids is 3. The summed E-state index contributed by atoms with van der Waals surface area (Å²) >= 11 is 1.21. The fraction of sp³-hybridized carbons (Fsp3) is 0.261. The van der Waals surface area contributed by atoms with Crippen molar-refractivity contribution >= 4 is 56.6 Å². The van der Waals surface area contributed by atoms with Crippen molar-refractivity contribution in [2.24, 2.45) is 4.99 Å². The molecular formula is C23H24N6O3S. The Hall–Kier alpha value is -3.79. The van der Waals surface area contributed by atoms with E-state index >= 15 is 0 Å². The van der Waals surface area contributed by atoms with E-state index in [0.717, 1.165) is 19.3 Å². The molecule has 0 spiro atoms. The SMILES string of the molecule is C=CN=C(/C=C/C)N1C(=O)Nc2c(C(=O)N[C@H]3CCC[C@H]3NC(=O)C=C)sc3nccc1c23. The molecule has 2 aromatic rings. The molecule has 0 saturated heterocycles. The number of amides is 4. The van der Waals surface area contributed by atoms with Gasteiger partial charge in [-0.25, -0.2) is 19.7 Å². The molecule has 0 radical (unpaired) electrons. The summed E-state index contributed by atoms with van der Waals surface area (Å²) in [7, 11) is 0. The molecule has 9 nitrogen and oxygen atoms in total. The Labute approximate surface area is 195 Å². The van der Waals surface area contributed by atoms with Gasteiger partial charge in [0.05, 0.1) is 16.8 Å².